The van der Waals surface area contributed by atoms with E-state index in [4.69, 9.17) is 10.3 Å². The Morgan fingerprint density at radius 3 is 2.50 bits per heavy atom. The minimum atomic E-state index is -0.436. The Hall–Kier alpha value is -1.14. The molecular formula is C15H25ClN4O2. The summed E-state index contributed by atoms with van der Waals surface area (Å²) in [5, 5.41) is 4.09. The second kappa shape index (κ2) is 5.81. The molecule has 0 aromatic carbocycles. The van der Waals surface area contributed by atoms with Gasteiger partial charge in [-0.2, -0.15) is 4.98 Å². The average Bonchev–Trinajstić information content (AvgIpc) is 3.05. The van der Waals surface area contributed by atoms with Crippen LogP contribution in [-0.4, -0.2) is 33.0 Å². The van der Waals surface area contributed by atoms with Crippen LogP contribution in [0.2, 0.25) is 0 Å². The number of halogens is 1. The molecule has 1 saturated heterocycles. The van der Waals surface area contributed by atoms with Crippen molar-refractivity contribution in [2.45, 2.75) is 69.9 Å². The third kappa shape index (κ3) is 2.99. The molecule has 0 radical (unpaired) electrons. The highest BCUT2D eigenvalue weighted by Gasteiger charge is 2.41. The molecule has 1 aromatic rings. The molecule has 6 nitrogen and oxygen atoms in total. The summed E-state index contributed by atoms with van der Waals surface area (Å²) in [5.74, 6) is 1.30. The van der Waals surface area contributed by atoms with Crippen LogP contribution in [0.25, 0.3) is 0 Å². The van der Waals surface area contributed by atoms with E-state index in [0.717, 1.165) is 25.7 Å². The van der Waals surface area contributed by atoms with Gasteiger partial charge in [0.1, 0.15) is 0 Å². The van der Waals surface area contributed by atoms with Gasteiger partial charge in [-0.15, -0.1) is 12.4 Å². The van der Waals surface area contributed by atoms with E-state index in [1.807, 2.05) is 25.7 Å². The number of nitrogens with two attached hydrogens (primary N) is 1. The Morgan fingerprint density at radius 1 is 1.32 bits per heavy atom. The third-order valence-corrected chi connectivity index (χ3v) is 4.67. The molecule has 22 heavy (non-hydrogen) atoms. The van der Waals surface area contributed by atoms with Crippen molar-refractivity contribution in [3.8, 4) is 0 Å². The highest BCUT2D eigenvalue weighted by Crippen LogP contribution is 2.37. The molecule has 2 aliphatic rings. The molecule has 1 aliphatic heterocycles. The summed E-state index contributed by atoms with van der Waals surface area (Å²) in [6.45, 7) is 6.77. The molecule has 3 rings (SSSR count). The summed E-state index contributed by atoms with van der Waals surface area (Å²) in [6.07, 6.45) is 4.48. The van der Waals surface area contributed by atoms with Crippen LogP contribution >= 0.6 is 12.4 Å². The number of amides is 1. The Kier molecular flexibility index (Phi) is 4.55. The molecule has 0 spiro atoms. The van der Waals surface area contributed by atoms with Gasteiger partial charge in [0.15, 0.2) is 5.82 Å². The predicted octanol–water partition coefficient (Wildman–Crippen LogP) is 2.33. The molecule has 1 amide bonds. The van der Waals surface area contributed by atoms with Crippen LogP contribution < -0.4 is 5.73 Å². The minimum absolute atomic E-state index is 0. The number of hydrogen-bond acceptors (Lipinski definition) is 5. The summed E-state index contributed by atoms with van der Waals surface area (Å²) >= 11 is 0. The van der Waals surface area contributed by atoms with Crippen molar-refractivity contribution < 1.29 is 9.32 Å². The van der Waals surface area contributed by atoms with Gasteiger partial charge in [0, 0.05) is 18.5 Å². The standard InChI is InChI=1S/C15H24N4O2.ClH/c1-14(2,3)19-9-10(8-11(19)20)12-17-13(18-21-12)15(16)6-4-5-7-15;/h10H,4-9,16H2,1-3H3;1H. The van der Waals surface area contributed by atoms with E-state index in [-0.39, 0.29) is 29.8 Å². The molecule has 1 saturated carbocycles. The van der Waals surface area contributed by atoms with Gasteiger partial charge in [0.25, 0.3) is 0 Å². The number of carbonyl (C=O) groups excluding carboxylic acids is 1. The second-order valence-corrected chi connectivity index (χ2v) is 7.40. The molecule has 1 atom stereocenters. The van der Waals surface area contributed by atoms with Crippen LogP contribution in [0.1, 0.15) is 70.5 Å². The minimum Gasteiger partial charge on any atom is -0.339 e. The van der Waals surface area contributed by atoms with Crippen molar-refractivity contribution in [2.24, 2.45) is 5.73 Å². The Labute approximate surface area is 137 Å². The largest absolute Gasteiger partial charge is 0.339 e. The fourth-order valence-electron chi connectivity index (χ4n) is 3.35. The molecule has 2 fully saturated rings. The SMILES string of the molecule is CC(C)(C)N1CC(c2nc(C3(N)CCCC3)no2)CC1=O.Cl. The second-order valence-electron chi connectivity index (χ2n) is 7.40. The lowest BCUT2D eigenvalue weighted by atomic mass is 9.98. The lowest BCUT2D eigenvalue weighted by molar-refractivity contribution is -0.131. The molecule has 1 aromatic heterocycles. The summed E-state index contributed by atoms with van der Waals surface area (Å²) in [4.78, 5) is 18.5. The summed E-state index contributed by atoms with van der Waals surface area (Å²) in [7, 11) is 0. The molecular weight excluding hydrogens is 304 g/mol. The van der Waals surface area contributed by atoms with Crippen molar-refractivity contribution in [1.29, 1.82) is 0 Å². The van der Waals surface area contributed by atoms with Crippen LogP contribution in [0.3, 0.4) is 0 Å². The number of likely N-dealkylation sites (tertiary alicyclic amines) is 1. The van der Waals surface area contributed by atoms with Gasteiger partial charge in [-0.25, -0.2) is 0 Å². The van der Waals surface area contributed by atoms with Gasteiger partial charge < -0.3 is 15.2 Å². The first-order valence-corrected chi connectivity index (χ1v) is 7.73. The molecule has 2 heterocycles. The van der Waals surface area contributed by atoms with Crippen LogP contribution in [0, 0.1) is 0 Å². The third-order valence-electron chi connectivity index (χ3n) is 4.67. The molecule has 0 bridgehead atoms. The summed E-state index contributed by atoms with van der Waals surface area (Å²) < 4.78 is 5.42. The monoisotopic (exact) mass is 328 g/mol. The maximum absolute atomic E-state index is 12.1. The lowest BCUT2D eigenvalue weighted by Gasteiger charge is -2.31. The van der Waals surface area contributed by atoms with Crippen molar-refractivity contribution in [3.05, 3.63) is 11.7 Å². The molecule has 7 heteroatoms. The van der Waals surface area contributed by atoms with E-state index in [1.165, 1.54) is 0 Å². The summed E-state index contributed by atoms with van der Waals surface area (Å²) in [6, 6.07) is 0. The molecule has 2 N–H and O–H groups in total. The van der Waals surface area contributed by atoms with E-state index < -0.39 is 5.54 Å². The van der Waals surface area contributed by atoms with E-state index >= 15 is 0 Å². The highest BCUT2D eigenvalue weighted by molar-refractivity contribution is 5.85. The molecule has 1 unspecified atom stereocenters. The van der Waals surface area contributed by atoms with Crippen LogP contribution in [0.15, 0.2) is 4.52 Å². The lowest BCUT2D eigenvalue weighted by Crippen LogP contribution is -2.42. The number of hydrogen-bond donors (Lipinski definition) is 1. The van der Waals surface area contributed by atoms with E-state index in [1.54, 1.807) is 0 Å². The zero-order chi connectivity index (χ0) is 15.3. The first-order chi connectivity index (χ1) is 9.79. The highest BCUT2D eigenvalue weighted by atomic mass is 35.5. The van der Waals surface area contributed by atoms with Gasteiger partial charge >= 0.3 is 0 Å². The first kappa shape index (κ1) is 17.2. The quantitative estimate of drug-likeness (QED) is 0.900. The first-order valence-electron chi connectivity index (χ1n) is 7.73. The van der Waals surface area contributed by atoms with Crippen LogP contribution in [0.4, 0.5) is 0 Å². The maximum Gasteiger partial charge on any atom is 0.232 e. The van der Waals surface area contributed by atoms with Crippen molar-refractivity contribution in [3.63, 3.8) is 0 Å². The fourth-order valence-corrected chi connectivity index (χ4v) is 3.35. The number of carbonyl (C=O) groups is 1. The van der Waals surface area contributed by atoms with Gasteiger partial charge in [0.05, 0.1) is 11.5 Å². The van der Waals surface area contributed by atoms with E-state index in [2.05, 4.69) is 10.1 Å². The van der Waals surface area contributed by atoms with E-state index in [9.17, 15) is 4.79 Å². The van der Waals surface area contributed by atoms with Crippen LogP contribution in [-0.2, 0) is 10.3 Å². The van der Waals surface area contributed by atoms with Gasteiger partial charge in [-0.05, 0) is 33.6 Å². The maximum atomic E-state index is 12.1. The zero-order valence-electron chi connectivity index (χ0n) is 13.5. The number of nitrogens with zero attached hydrogens (tertiary/aromatic N) is 3. The Balaban J connectivity index is 0.00000176. The zero-order valence-corrected chi connectivity index (χ0v) is 14.3. The van der Waals surface area contributed by atoms with Gasteiger partial charge in [0.2, 0.25) is 11.8 Å². The predicted molar refractivity (Wildman–Crippen MR) is 84.7 cm³/mol. The van der Waals surface area contributed by atoms with Crippen LogP contribution in [0.5, 0.6) is 0 Å². The van der Waals surface area contributed by atoms with Crippen molar-refractivity contribution in [1.82, 2.24) is 15.0 Å². The summed E-state index contributed by atoms with van der Waals surface area (Å²) in [5.41, 5.74) is 5.75. The molecule has 124 valence electrons. The van der Waals surface area contributed by atoms with E-state index in [0.29, 0.717) is 24.7 Å². The van der Waals surface area contributed by atoms with Gasteiger partial charge in [-0.1, -0.05) is 18.0 Å². The number of rotatable bonds is 2. The average molecular weight is 329 g/mol. The molecule has 1 aliphatic carbocycles. The number of aromatic nitrogens is 2. The van der Waals surface area contributed by atoms with Crippen molar-refractivity contribution >= 4 is 18.3 Å². The smallest absolute Gasteiger partial charge is 0.232 e. The normalized spacial score (nSPS) is 24.6. The van der Waals surface area contributed by atoms with Crippen molar-refractivity contribution in [2.75, 3.05) is 6.54 Å². The van der Waals surface area contributed by atoms with Gasteiger partial charge in [-0.3, -0.25) is 4.79 Å². The topological polar surface area (TPSA) is 85.2 Å². The Morgan fingerprint density at radius 2 is 1.95 bits per heavy atom. The Bertz CT molecular complexity index is 546. The fraction of sp³-hybridized carbons (Fsp3) is 0.800.